The van der Waals surface area contributed by atoms with Crippen LogP contribution >= 0.6 is 0 Å². The van der Waals surface area contributed by atoms with E-state index in [1.807, 2.05) is 20.0 Å². The van der Waals surface area contributed by atoms with Gasteiger partial charge in [0.05, 0.1) is 13.7 Å². The SMILES string of the molecule is CCOc1cc(CCCNC(=NC)NC2CC=CC2)ccc1OC. The fourth-order valence-corrected chi connectivity index (χ4v) is 2.77. The predicted octanol–water partition coefficient (Wildman–Crippen LogP) is 2.91. The summed E-state index contributed by atoms with van der Waals surface area (Å²) in [6.45, 7) is 3.50. The molecule has 2 N–H and O–H groups in total. The van der Waals surface area contributed by atoms with Gasteiger partial charge in [0.15, 0.2) is 17.5 Å². The van der Waals surface area contributed by atoms with E-state index in [1.54, 1.807) is 7.11 Å². The van der Waals surface area contributed by atoms with E-state index in [9.17, 15) is 0 Å². The second-order valence-electron chi connectivity index (χ2n) is 5.80. The Hall–Kier alpha value is -2.17. The van der Waals surface area contributed by atoms with Gasteiger partial charge in [-0.2, -0.15) is 0 Å². The number of rotatable bonds is 8. The average molecular weight is 331 g/mol. The largest absolute Gasteiger partial charge is 0.493 e. The zero-order chi connectivity index (χ0) is 17.2. The molecule has 0 atom stereocenters. The maximum absolute atomic E-state index is 5.63. The summed E-state index contributed by atoms with van der Waals surface area (Å²) >= 11 is 0. The van der Waals surface area contributed by atoms with Crippen molar-refractivity contribution in [2.75, 3.05) is 27.3 Å². The number of benzene rings is 1. The first-order valence-electron chi connectivity index (χ1n) is 8.68. The van der Waals surface area contributed by atoms with Crippen LogP contribution in [0.2, 0.25) is 0 Å². The molecule has 132 valence electrons. The summed E-state index contributed by atoms with van der Waals surface area (Å²) in [6.07, 6.45) is 8.59. The van der Waals surface area contributed by atoms with Gasteiger partial charge in [-0.25, -0.2) is 0 Å². The first-order valence-corrected chi connectivity index (χ1v) is 8.68. The molecule has 1 aromatic carbocycles. The van der Waals surface area contributed by atoms with Gasteiger partial charge in [0.25, 0.3) is 0 Å². The number of methoxy groups -OCH3 is 1. The van der Waals surface area contributed by atoms with Crippen molar-refractivity contribution in [1.82, 2.24) is 10.6 Å². The van der Waals surface area contributed by atoms with Crippen molar-refractivity contribution in [3.05, 3.63) is 35.9 Å². The third kappa shape index (κ3) is 5.48. The summed E-state index contributed by atoms with van der Waals surface area (Å²) in [5.41, 5.74) is 1.25. The molecular formula is C19H29N3O2. The predicted molar refractivity (Wildman–Crippen MR) is 99.1 cm³/mol. The van der Waals surface area contributed by atoms with E-state index in [4.69, 9.17) is 9.47 Å². The molecule has 0 bridgehead atoms. The van der Waals surface area contributed by atoms with Gasteiger partial charge in [-0.15, -0.1) is 0 Å². The van der Waals surface area contributed by atoms with Crippen LogP contribution in [-0.4, -0.2) is 39.3 Å². The Morgan fingerprint density at radius 3 is 2.71 bits per heavy atom. The van der Waals surface area contributed by atoms with Crippen molar-refractivity contribution in [2.24, 2.45) is 4.99 Å². The molecule has 0 amide bonds. The van der Waals surface area contributed by atoms with Crippen molar-refractivity contribution in [2.45, 2.75) is 38.6 Å². The lowest BCUT2D eigenvalue weighted by atomic mass is 10.1. The third-order valence-corrected chi connectivity index (χ3v) is 4.03. The van der Waals surface area contributed by atoms with E-state index in [2.05, 4.69) is 39.9 Å². The van der Waals surface area contributed by atoms with E-state index in [-0.39, 0.29) is 0 Å². The van der Waals surface area contributed by atoms with Crippen LogP contribution in [0.15, 0.2) is 35.3 Å². The highest BCUT2D eigenvalue weighted by molar-refractivity contribution is 5.80. The molecule has 0 saturated carbocycles. The van der Waals surface area contributed by atoms with Gasteiger partial charge >= 0.3 is 0 Å². The molecule has 0 fully saturated rings. The van der Waals surface area contributed by atoms with Gasteiger partial charge in [0, 0.05) is 19.6 Å². The minimum Gasteiger partial charge on any atom is -0.493 e. The molecule has 5 nitrogen and oxygen atoms in total. The summed E-state index contributed by atoms with van der Waals surface area (Å²) in [4.78, 5) is 4.29. The zero-order valence-corrected chi connectivity index (χ0v) is 15.0. The maximum atomic E-state index is 5.63. The number of nitrogens with zero attached hydrogens (tertiary/aromatic N) is 1. The number of ether oxygens (including phenoxy) is 2. The molecule has 0 radical (unpaired) electrons. The van der Waals surface area contributed by atoms with E-state index in [1.165, 1.54) is 5.56 Å². The van der Waals surface area contributed by atoms with Crippen molar-refractivity contribution in [3.8, 4) is 11.5 Å². The van der Waals surface area contributed by atoms with Crippen LogP contribution in [0, 0.1) is 0 Å². The number of aliphatic imine (C=N–C) groups is 1. The highest BCUT2D eigenvalue weighted by Crippen LogP contribution is 2.28. The molecule has 2 rings (SSSR count). The monoisotopic (exact) mass is 331 g/mol. The van der Waals surface area contributed by atoms with Gasteiger partial charge in [0.2, 0.25) is 0 Å². The van der Waals surface area contributed by atoms with Gasteiger partial charge in [0.1, 0.15) is 0 Å². The number of nitrogens with one attached hydrogen (secondary N) is 2. The van der Waals surface area contributed by atoms with Gasteiger partial charge in [-0.05, 0) is 50.3 Å². The second-order valence-corrected chi connectivity index (χ2v) is 5.80. The van der Waals surface area contributed by atoms with Crippen LogP contribution in [0.4, 0.5) is 0 Å². The van der Waals surface area contributed by atoms with Crippen LogP contribution in [0.25, 0.3) is 0 Å². The molecule has 1 aliphatic carbocycles. The molecule has 0 saturated heterocycles. The molecule has 5 heteroatoms. The third-order valence-electron chi connectivity index (χ3n) is 4.03. The zero-order valence-electron chi connectivity index (χ0n) is 15.0. The molecule has 0 aliphatic heterocycles. The minimum atomic E-state index is 0.478. The van der Waals surface area contributed by atoms with Gasteiger partial charge < -0.3 is 20.1 Å². The Balaban J connectivity index is 1.75. The Kier molecular flexibility index (Phi) is 7.46. The first kappa shape index (κ1) is 18.2. The summed E-state index contributed by atoms with van der Waals surface area (Å²) < 4.78 is 11.0. The van der Waals surface area contributed by atoms with E-state index in [0.717, 1.165) is 49.7 Å². The van der Waals surface area contributed by atoms with Gasteiger partial charge in [-0.1, -0.05) is 18.2 Å². The minimum absolute atomic E-state index is 0.478. The maximum Gasteiger partial charge on any atom is 0.191 e. The molecule has 24 heavy (non-hydrogen) atoms. The molecule has 1 aromatic rings. The quantitative estimate of drug-likeness (QED) is 0.333. The highest BCUT2D eigenvalue weighted by atomic mass is 16.5. The number of guanidine groups is 1. The van der Waals surface area contributed by atoms with Crippen molar-refractivity contribution in [1.29, 1.82) is 0 Å². The normalized spacial score (nSPS) is 14.7. The topological polar surface area (TPSA) is 54.9 Å². The smallest absolute Gasteiger partial charge is 0.191 e. The molecule has 0 unspecified atom stereocenters. The van der Waals surface area contributed by atoms with Crippen LogP contribution in [0.5, 0.6) is 11.5 Å². The second kappa shape index (κ2) is 9.85. The van der Waals surface area contributed by atoms with Crippen LogP contribution in [-0.2, 0) is 6.42 Å². The molecule has 1 aliphatic rings. The molecule has 0 aromatic heterocycles. The molecule has 0 spiro atoms. The summed E-state index contributed by atoms with van der Waals surface area (Å²) in [6, 6.07) is 6.62. The highest BCUT2D eigenvalue weighted by Gasteiger charge is 2.11. The lowest BCUT2D eigenvalue weighted by molar-refractivity contribution is 0.310. The summed E-state index contributed by atoms with van der Waals surface area (Å²) in [5, 5.41) is 6.83. The molecule has 0 heterocycles. The van der Waals surface area contributed by atoms with E-state index in [0.29, 0.717) is 12.6 Å². The van der Waals surface area contributed by atoms with Crippen LogP contribution in [0.3, 0.4) is 0 Å². The summed E-state index contributed by atoms with van der Waals surface area (Å²) in [5.74, 6) is 2.48. The van der Waals surface area contributed by atoms with Crippen LogP contribution in [0.1, 0.15) is 31.7 Å². The Morgan fingerprint density at radius 2 is 2.04 bits per heavy atom. The lowest BCUT2D eigenvalue weighted by Crippen LogP contribution is -2.42. The van der Waals surface area contributed by atoms with Crippen molar-refractivity contribution >= 4 is 5.96 Å². The fourth-order valence-electron chi connectivity index (χ4n) is 2.77. The Bertz CT molecular complexity index is 562. The standard InChI is InChI=1S/C19H29N3O2/c1-4-24-18-14-15(11-12-17(18)23-3)8-7-13-21-19(20-2)22-16-9-5-6-10-16/h5-6,11-12,14,16H,4,7-10,13H2,1-3H3,(H2,20,21,22). The average Bonchev–Trinajstić information content (AvgIpc) is 3.11. The molecular weight excluding hydrogens is 302 g/mol. The van der Waals surface area contributed by atoms with Gasteiger partial charge in [-0.3, -0.25) is 4.99 Å². The lowest BCUT2D eigenvalue weighted by Gasteiger charge is -2.17. The van der Waals surface area contributed by atoms with Crippen molar-refractivity contribution < 1.29 is 9.47 Å². The van der Waals surface area contributed by atoms with Crippen LogP contribution < -0.4 is 20.1 Å². The van der Waals surface area contributed by atoms with E-state index < -0.39 is 0 Å². The summed E-state index contributed by atoms with van der Waals surface area (Å²) in [7, 11) is 3.48. The number of hydrogen-bond acceptors (Lipinski definition) is 3. The van der Waals surface area contributed by atoms with E-state index >= 15 is 0 Å². The Labute approximate surface area is 145 Å². The Morgan fingerprint density at radius 1 is 1.25 bits per heavy atom. The fraction of sp³-hybridized carbons (Fsp3) is 0.526. The number of hydrogen-bond donors (Lipinski definition) is 2. The van der Waals surface area contributed by atoms with Crippen molar-refractivity contribution in [3.63, 3.8) is 0 Å². The first-order chi connectivity index (χ1) is 11.8. The number of aryl methyl sites for hydroxylation is 1.